The Morgan fingerprint density at radius 3 is 1.65 bits per heavy atom. The molecule has 0 atom stereocenters. The monoisotopic (exact) mass is 522 g/mol. The lowest BCUT2D eigenvalue weighted by Crippen LogP contribution is -2.14. The van der Waals surface area contributed by atoms with E-state index in [1.165, 1.54) is 69.8 Å². The van der Waals surface area contributed by atoms with Gasteiger partial charge in [-0.25, -0.2) is 0 Å². The Kier molecular flexibility index (Phi) is 23.5. The molecule has 0 bridgehead atoms. The molecule has 0 spiro atoms. The zero-order valence-corrected chi connectivity index (χ0v) is 23.8. The van der Waals surface area contributed by atoms with E-state index in [2.05, 4.69) is 38.1 Å². The van der Waals surface area contributed by atoms with Gasteiger partial charge in [-0.2, -0.15) is 0 Å². The molecule has 0 fully saturated rings. The van der Waals surface area contributed by atoms with Crippen LogP contribution in [0.1, 0.15) is 103 Å². The first kappa shape index (κ1) is 33.4. The number of rotatable bonds is 27. The molecule has 214 valence electrons. The number of benzene rings is 1. The maximum absolute atomic E-state index is 11.6. The fourth-order valence-corrected chi connectivity index (χ4v) is 3.96. The Balaban J connectivity index is 1.84. The second-order valence-electron chi connectivity index (χ2n) is 9.59. The van der Waals surface area contributed by atoms with Gasteiger partial charge in [0.2, 0.25) is 0 Å². The SMILES string of the molecule is CCCCCCCCCc1ccc(OCCOCCOCCOCCOC(=O)CCCCCCC)cc1. The first-order valence-electron chi connectivity index (χ1n) is 14.9. The fraction of sp³-hybridized carbons (Fsp3) is 0.774. The van der Waals surface area contributed by atoms with Gasteiger partial charge in [-0.05, 0) is 37.0 Å². The van der Waals surface area contributed by atoms with Crippen LogP contribution in [0.2, 0.25) is 0 Å². The summed E-state index contributed by atoms with van der Waals surface area (Å²) in [5.74, 6) is 0.756. The molecule has 1 aromatic carbocycles. The van der Waals surface area contributed by atoms with E-state index in [0.29, 0.717) is 59.3 Å². The van der Waals surface area contributed by atoms with Crippen molar-refractivity contribution in [1.82, 2.24) is 0 Å². The van der Waals surface area contributed by atoms with Gasteiger partial charge < -0.3 is 23.7 Å². The minimum absolute atomic E-state index is 0.131. The van der Waals surface area contributed by atoms with E-state index in [1.54, 1.807) is 0 Å². The zero-order valence-electron chi connectivity index (χ0n) is 23.8. The lowest BCUT2D eigenvalue weighted by molar-refractivity contribution is -0.145. The van der Waals surface area contributed by atoms with Crippen LogP contribution in [0.4, 0.5) is 0 Å². The molecule has 6 heteroatoms. The molecule has 0 unspecified atom stereocenters. The number of ether oxygens (including phenoxy) is 5. The average Bonchev–Trinajstić information content (AvgIpc) is 2.91. The molecule has 0 saturated heterocycles. The van der Waals surface area contributed by atoms with Gasteiger partial charge in [-0.15, -0.1) is 0 Å². The summed E-state index contributed by atoms with van der Waals surface area (Å²) in [7, 11) is 0. The minimum Gasteiger partial charge on any atom is -0.491 e. The van der Waals surface area contributed by atoms with Crippen molar-refractivity contribution >= 4 is 5.97 Å². The van der Waals surface area contributed by atoms with E-state index >= 15 is 0 Å². The van der Waals surface area contributed by atoms with Crippen molar-refractivity contribution in [2.45, 2.75) is 104 Å². The van der Waals surface area contributed by atoms with Crippen LogP contribution in [-0.2, 0) is 30.2 Å². The number of aryl methyl sites for hydroxylation is 1. The van der Waals surface area contributed by atoms with Crippen LogP contribution in [0.25, 0.3) is 0 Å². The molecule has 0 aliphatic heterocycles. The van der Waals surface area contributed by atoms with E-state index in [9.17, 15) is 4.79 Å². The summed E-state index contributed by atoms with van der Waals surface area (Å²) in [4.78, 5) is 11.6. The molecular weight excluding hydrogens is 468 g/mol. The molecule has 0 N–H and O–H groups in total. The highest BCUT2D eigenvalue weighted by Gasteiger charge is 2.02. The van der Waals surface area contributed by atoms with Crippen molar-refractivity contribution in [3.63, 3.8) is 0 Å². The second kappa shape index (κ2) is 26.0. The molecule has 0 saturated carbocycles. The molecule has 1 aromatic rings. The van der Waals surface area contributed by atoms with Gasteiger partial charge in [0, 0.05) is 6.42 Å². The normalized spacial score (nSPS) is 11.1. The quantitative estimate of drug-likeness (QED) is 0.0891. The lowest BCUT2D eigenvalue weighted by Gasteiger charge is -2.09. The third-order valence-corrected chi connectivity index (χ3v) is 6.21. The van der Waals surface area contributed by atoms with E-state index in [4.69, 9.17) is 23.7 Å². The van der Waals surface area contributed by atoms with Gasteiger partial charge in [-0.1, -0.05) is 90.2 Å². The van der Waals surface area contributed by atoms with E-state index < -0.39 is 0 Å². The summed E-state index contributed by atoms with van der Waals surface area (Å²) >= 11 is 0. The van der Waals surface area contributed by atoms with E-state index in [0.717, 1.165) is 25.0 Å². The van der Waals surface area contributed by atoms with Crippen LogP contribution in [0, 0.1) is 0 Å². The third kappa shape index (κ3) is 22.1. The molecule has 37 heavy (non-hydrogen) atoms. The van der Waals surface area contributed by atoms with Crippen molar-refractivity contribution in [3.8, 4) is 5.75 Å². The van der Waals surface area contributed by atoms with Crippen LogP contribution >= 0.6 is 0 Å². The molecule has 0 aromatic heterocycles. The van der Waals surface area contributed by atoms with Gasteiger partial charge in [0.05, 0.1) is 39.6 Å². The Morgan fingerprint density at radius 2 is 1.05 bits per heavy atom. The number of hydrogen-bond acceptors (Lipinski definition) is 6. The molecule has 0 aliphatic rings. The lowest BCUT2D eigenvalue weighted by atomic mass is 10.0. The maximum Gasteiger partial charge on any atom is 0.305 e. The number of carbonyl (C=O) groups is 1. The van der Waals surface area contributed by atoms with Crippen molar-refractivity contribution in [3.05, 3.63) is 29.8 Å². The van der Waals surface area contributed by atoms with Gasteiger partial charge >= 0.3 is 5.97 Å². The second-order valence-corrected chi connectivity index (χ2v) is 9.59. The van der Waals surface area contributed by atoms with Gasteiger partial charge in [-0.3, -0.25) is 4.79 Å². The highest BCUT2D eigenvalue weighted by atomic mass is 16.6. The predicted molar refractivity (Wildman–Crippen MR) is 150 cm³/mol. The van der Waals surface area contributed by atoms with E-state index in [-0.39, 0.29) is 5.97 Å². The van der Waals surface area contributed by atoms with Crippen molar-refractivity contribution in [2.75, 3.05) is 52.9 Å². The van der Waals surface area contributed by atoms with E-state index in [1.807, 2.05) is 0 Å². The smallest absolute Gasteiger partial charge is 0.305 e. The molecule has 0 amide bonds. The molecule has 1 rings (SSSR count). The summed E-state index contributed by atoms with van der Waals surface area (Å²) in [6, 6.07) is 8.44. The highest BCUT2D eigenvalue weighted by molar-refractivity contribution is 5.69. The average molecular weight is 523 g/mol. The number of unbranched alkanes of at least 4 members (excludes halogenated alkanes) is 10. The van der Waals surface area contributed by atoms with Crippen molar-refractivity contribution < 1.29 is 28.5 Å². The maximum atomic E-state index is 11.6. The topological polar surface area (TPSA) is 63.2 Å². The molecule has 0 radical (unpaired) electrons. The third-order valence-electron chi connectivity index (χ3n) is 6.21. The van der Waals surface area contributed by atoms with Gasteiger partial charge in [0.25, 0.3) is 0 Å². The Hall–Kier alpha value is -1.63. The molecule has 0 heterocycles. The van der Waals surface area contributed by atoms with Crippen LogP contribution in [0.3, 0.4) is 0 Å². The minimum atomic E-state index is -0.131. The summed E-state index contributed by atoms with van der Waals surface area (Å²) < 4.78 is 27.4. The fourth-order valence-electron chi connectivity index (χ4n) is 3.96. The zero-order chi connectivity index (χ0) is 26.7. The summed E-state index contributed by atoms with van der Waals surface area (Å²) in [6.07, 6.45) is 16.7. The standard InChI is InChI=1S/C31H54O6/c1-3-5-7-9-10-12-13-15-29-17-19-30(20-18-29)36-27-25-34-23-21-33-22-24-35-26-28-37-31(32)16-14-11-8-6-4-2/h17-20H,3-16,21-28H2,1-2H3. The number of carbonyl (C=O) groups excluding carboxylic acids is 1. The molecule has 6 nitrogen and oxygen atoms in total. The van der Waals surface area contributed by atoms with Gasteiger partial charge in [0.1, 0.15) is 19.0 Å². The van der Waals surface area contributed by atoms with Crippen molar-refractivity contribution in [2.24, 2.45) is 0 Å². The Labute approximate surface area is 226 Å². The first-order chi connectivity index (χ1) is 18.3. The van der Waals surface area contributed by atoms with Crippen LogP contribution in [0.5, 0.6) is 5.75 Å². The van der Waals surface area contributed by atoms with Crippen LogP contribution in [-0.4, -0.2) is 58.8 Å². The number of esters is 1. The highest BCUT2D eigenvalue weighted by Crippen LogP contribution is 2.15. The Bertz CT molecular complexity index is 619. The summed E-state index contributed by atoms with van der Waals surface area (Å²) in [6.45, 7) is 8.22. The number of hydrogen-bond donors (Lipinski definition) is 0. The summed E-state index contributed by atoms with van der Waals surface area (Å²) in [5, 5.41) is 0. The molecule has 0 aliphatic carbocycles. The first-order valence-corrected chi connectivity index (χ1v) is 14.9. The van der Waals surface area contributed by atoms with Crippen molar-refractivity contribution in [1.29, 1.82) is 0 Å². The predicted octanol–water partition coefficient (Wildman–Crippen LogP) is 7.31. The van der Waals surface area contributed by atoms with Gasteiger partial charge in [0.15, 0.2) is 0 Å². The largest absolute Gasteiger partial charge is 0.491 e. The van der Waals surface area contributed by atoms with Crippen LogP contribution in [0.15, 0.2) is 24.3 Å². The Morgan fingerprint density at radius 1 is 0.568 bits per heavy atom. The molecular formula is C31H54O6. The van der Waals surface area contributed by atoms with Crippen LogP contribution < -0.4 is 4.74 Å². The summed E-state index contributed by atoms with van der Waals surface area (Å²) in [5.41, 5.74) is 1.38.